The quantitative estimate of drug-likeness (QED) is 0.256. The van der Waals surface area contributed by atoms with Crippen molar-refractivity contribution in [2.45, 2.75) is 71.5 Å². The Balaban J connectivity index is 2.98. The van der Waals surface area contributed by atoms with Crippen LogP contribution in [0.2, 0.25) is 0 Å². The van der Waals surface area contributed by atoms with Crippen molar-refractivity contribution < 1.29 is 29.1 Å². The lowest BCUT2D eigenvalue weighted by atomic mass is 9.99. The molecule has 1 rings (SSSR count). The van der Waals surface area contributed by atoms with Crippen LogP contribution >= 0.6 is 0 Å². The number of aliphatic carboxylic acids is 1. The van der Waals surface area contributed by atoms with Gasteiger partial charge < -0.3 is 31.7 Å². The minimum Gasteiger partial charge on any atom is -0.480 e. The summed E-state index contributed by atoms with van der Waals surface area (Å²) in [6.45, 7) is 7.21. The fourth-order valence-corrected chi connectivity index (χ4v) is 3.71. The lowest BCUT2D eigenvalue weighted by molar-refractivity contribution is -0.143. The highest BCUT2D eigenvalue weighted by Crippen LogP contribution is 2.20. The fraction of sp³-hybridized carbons (Fsp3) is 0.762. The van der Waals surface area contributed by atoms with E-state index in [1.165, 1.54) is 4.90 Å². The molecular weight excluding hydrogens is 418 g/mol. The van der Waals surface area contributed by atoms with Gasteiger partial charge in [-0.2, -0.15) is 0 Å². The van der Waals surface area contributed by atoms with Crippen LogP contribution < -0.4 is 21.7 Å². The van der Waals surface area contributed by atoms with Crippen LogP contribution in [0.4, 0.5) is 0 Å². The maximum atomic E-state index is 13.3. The molecule has 0 spiro atoms. The normalized spacial score (nSPS) is 17.7. The van der Waals surface area contributed by atoms with Gasteiger partial charge in [0.25, 0.3) is 0 Å². The van der Waals surface area contributed by atoms with E-state index in [1.807, 2.05) is 27.7 Å². The maximum absolute atomic E-state index is 13.3. The molecule has 0 aromatic carbocycles. The molecule has 4 amide bonds. The third-order valence-electron chi connectivity index (χ3n) is 5.12. The molecule has 1 saturated heterocycles. The highest BCUT2D eigenvalue weighted by Gasteiger charge is 2.38. The Kier molecular flexibility index (Phi) is 11.1. The first-order valence-corrected chi connectivity index (χ1v) is 11.1. The number of carbonyl (C=O) groups is 5. The Labute approximate surface area is 188 Å². The number of carbonyl (C=O) groups excluding carboxylic acids is 4. The van der Waals surface area contributed by atoms with E-state index in [-0.39, 0.29) is 18.4 Å². The van der Waals surface area contributed by atoms with Gasteiger partial charge in [0, 0.05) is 6.54 Å². The SMILES string of the molecule is CC(C)C[C@H](NC(=O)CN)C(=O)N[C@@H](CC(C)C)C(=O)N1CCC[C@H]1C(=O)NCC(=O)O. The van der Waals surface area contributed by atoms with E-state index < -0.39 is 54.3 Å². The highest BCUT2D eigenvalue weighted by atomic mass is 16.4. The molecule has 0 bridgehead atoms. The molecule has 6 N–H and O–H groups in total. The second-order valence-corrected chi connectivity index (χ2v) is 8.95. The van der Waals surface area contributed by atoms with Crippen molar-refractivity contribution in [1.82, 2.24) is 20.9 Å². The Morgan fingerprint density at radius 3 is 2.12 bits per heavy atom. The van der Waals surface area contributed by atoms with Crippen molar-refractivity contribution in [3.05, 3.63) is 0 Å². The van der Waals surface area contributed by atoms with Gasteiger partial charge in [0.05, 0.1) is 6.54 Å². The zero-order valence-electron chi connectivity index (χ0n) is 19.3. The van der Waals surface area contributed by atoms with Crippen molar-refractivity contribution in [2.75, 3.05) is 19.6 Å². The van der Waals surface area contributed by atoms with E-state index in [4.69, 9.17) is 10.8 Å². The molecule has 0 aliphatic carbocycles. The molecule has 1 aliphatic heterocycles. The summed E-state index contributed by atoms with van der Waals surface area (Å²) in [5.74, 6) is -2.85. The lowest BCUT2D eigenvalue weighted by Crippen LogP contribution is -2.57. The van der Waals surface area contributed by atoms with Gasteiger partial charge in [0.15, 0.2) is 0 Å². The molecular formula is C21H37N5O6. The van der Waals surface area contributed by atoms with Crippen LogP contribution in [0, 0.1) is 11.8 Å². The summed E-state index contributed by atoms with van der Waals surface area (Å²) in [4.78, 5) is 62.6. The third kappa shape index (κ3) is 8.81. The Hall–Kier alpha value is -2.69. The number of carboxylic acid groups (broad SMARTS) is 1. The molecule has 11 heteroatoms. The number of hydrogen-bond acceptors (Lipinski definition) is 6. The third-order valence-corrected chi connectivity index (χ3v) is 5.12. The minimum atomic E-state index is -1.17. The molecule has 0 saturated carbocycles. The largest absolute Gasteiger partial charge is 0.480 e. The molecule has 11 nitrogen and oxygen atoms in total. The number of carboxylic acids is 1. The molecule has 1 aliphatic rings. The van der Waals surface area contributed by atoms with E-state index in [9.17, 15) is 24.0 Å². The van der Waals surface area contributed by atoms with Crippen LogP contribution in [0.5, 0.6) is 0 Å². The average Bonchev–Trinajstić information content (AvgIpc) is 3.19. The van der Waals surface area contributed by atoms with E-state index in [1.54, 1.807) is 0 Å². The second kappa shape index (κ2) is 13.0. The number of nitrogens with one attached hydrogen (secondary N) is 3. The smallest absolute Gasteiger partial charge is 0.322 e. The average molecular weight is 456 g/mol. The number of likely N-dealkylation sites (tertiary alicyclic amines) is 1. The van der Waals surface area contributed by atoms with Crippen LogP contribution in [0.25, 0.3) is 0 Å². The first kappa shape index (κ1) is 27.3. The molecule has 0 radical (unpaired) electrons. The minimum absolute atomic E-state index is 0.0771. The van der Waals surface area contributed by atoms with Gasteiger partial charge in [0.1, 0.15) is 24.7 Å². The first-order valence-electron chi connectivity index (χ1n) is 11.1. The van der Waals surface area contributed by atoms with Gasteiger partial charge in [-0.1, -0.05) is 27.7 Å². The topological polar surface area (TPSA) is 171 Å². The second-order valence-electron chi connectivity index (χ2n) is 8.95. The fourth-order valence-electron chi connectivity index (χ4n) is 3.71. The lowest BCUT2D eigenvalue weighted by Gasteiger charge is -2.30. The Morgan fingerprint density at radius 1 is 1.00 bits per heavy atom. The molecule has 0 aromatic rings. The van der Waals surface area contributed by atoms with E-state index in [2.05, 4.69) is 16.0 Å². The summed E-state index contributed by atoms with van der Waals surface area (Å²) < 4.78 is 0. The van der Waals surface area contributed by atoms with Crippen LogP contribution in [-0.4, -0.2) is 77.4 Å². The molecule has 1 fully saturated rings. The molecule has 0 aromatic heterocycles. The first-order chi connectivity index (χ1) is 15.0. The van der Waals surface area contributed by atoms with E-state index in [0.29, 0.717) is 32.2 Å². The van der Waals surface area contributed by atoms with Gasteiger partial charge >= 0.3 is 5.97 Å². The number of nitrogens with zero attached hydrogens (tertiary/aromatic N) is 1. The van der Waals surface area contributed by atoms with Crippen LogP contribution in [-0.2, 0) is 24.0 Å². The summed E-state index contributed by atoms with van der Waals surface area (Å²) in [7, 11) is 0. The molecule has 3 atom stereocenters. The predicted octanol–water partition coefficient (Wildman–Crippen LogP) is -0.801. The van der Waals surface area contributed by atoms with Gasteiger partial charge in [-0.15, -0.1) is 0 Å². The van der Waals surface area contributed by atoms with Crippen LogP contribution in [0.15, 0.2) is 0 Å². The number of rotatable bonds is 12. The predicted molar refractivity (Wildman–Crippen MR) is 117 cm³/mol. The zero-order valence-corrected chi connectivity index (χ0v) is 19.3. The zero-order chi connectivity index (χ0) is 24.4. The van der Waals surface area contributed by atoms with Crippen molar-refractivity contribution in [2.24, 2.45) is 17.6 Å². The molecule has 1 heterocycles. The monoisotopic (exact) mass is 455 g/mol. The van der Waals surface area contributed by atoms with Crippen molar-refractivity contribution >= 4 is 29.6 Å². The number of amides is 4. The van der Waals surface area contributed by atoms with Crippen molar-refractivity contribution in [3.63, 3.8) is 0 Å². The van der Waals surface area contributed by atoms with Gasteiger partial charge in [0.2, 0.25) is 23.6 Å². The highest BCUT2D eigenvalue weighted by molar-refractivity contribution is 5.95. The van der Waals surface area contributed by atoms with Gasteiger partial charge in [-0.25, -0.2) is 0 Å². The van der Waals surface area contributed by atoms with Crippen LogP contribution in [0.1, 0.15) is 53.4 Å². The van der Waals surface area contributed by atoms with Crippen molar-refractivity contribution in [3.8, 4) is 0 Å². The van der Waals surface area contributed by atoms with E-state index in [0.717, 1.165) is 0 Å². The van der Waals surface area contributed by atoms with Crippen molar-refractivity contribution in [1.29, 1.82) is 0 Å². The number of hydrogen-bond donors (Lipinski definition) is 5. The summed E-state index contributed by atoms with van der Waals surface area (Å²) in [6, 6.07) is -2.49. The van der Waals surface area contributed by atoms with Gasteiger partial charge in [-0.3, -0.25) is 24.0 Å². The summed E-state index contributed by atoms with van der Waals surface area (Å²) in [5.41, 5.74) is 5.36. The Bertz CT molecular complexity index is 696. The molecule has 0 unspecified atom stereocenters. The summed E-state index contributed by atoms with van der Waals surface area (Å²) >= 11 is 0. The number of nitrogens with two attached hydrogens (primary N) is 1. The summed E-state index contributed by atoms with van der Waals surface area (Å²) in [5, 5.41) is 16.5. The standard InChI is InChI=1S/C21H37N5O6/c1-12(2)8-14(24-17(27)10-22)19(30)25-15(9-13(3)4)21(32)26-7-5-6-16(26)20(31)23-11-18(28)29/h12-16H,5-11,22H2,1-4H3,(H,23,31)(H,24,27)(H,25,30)(H,28,29)/t14-,15-,16-/m0/s1. The maximum Gasteiger partial charge on any atom is 0.322 e. The van der Waals surface area contributed by atoms with Gasteiger partial charge in [-0.05, 0) is 37.5 Å². The molecule has 32 heavy (non-hydrogen) atoms. The van der Waals surface area contributed by atoms with Crippen LogP contribution in [0.3, 0.4) is 0 Å². The summed E-state index contributed by atoms with van der Waals surface area (Å²) in [6.07, 6.45) is 1.75. The van der Waals surface area contributed by atoms with E-state index >= 15 is 0 Å². The Morgan fingerprint density at radius 2 is 1.59 bits per heavy atom. The molecule has 182 valence electrons.